The molecular formula is C24H26FN7O2. The van der Waals surface area contributed by atoms with Crippen LogP contribution in [0, 0.1) is 0 Å². The molecule has 5 heterocycles. The predicted molar refractivity (Wildman–Crippen MR) is 124 cm³/mol. The number of imidazole rings is 1. The molecule has 1 saturated heterocycles. The van der Waals surface area contributed by atoms with E-state index in [0.717, 1.165) is 5.65 Å². The minimum Gasteiger partial charge on any atom is -0.506 e. The molecule has 0 aromatic carbocycles. The largest absolute Gasteiger partial charge is 0.506 e. The van der Waals surface area contributed by atoms with E-state index in [2.05, 4.69) is 30.6 Å². The van der Waals surface area contributed by atoms with E-state index < -0.39 is 17.8 Å². The summed E-state index contributed by atoms with van der Waals surface area (Å²) in [4.78, 5) is 8.53. The molecule has 2 atom stereocenters. The van der Waals surface area contributed by atoms with Crippen LogP contribution in [-0.4, -0.2) is 58.2 Å². The number of alkyl halides is 1. The topological polar surface area (TPSA) is 110 Å². The lowest BCUT2D eigenvalue weighted by Crippen LogP contribution is -2.66. The van der Waals surface area contributed by atoms with Crippen molar-refractivity contribution in [1.29, 1.82) is 0 Å². The molecule has 0 aliphatic carbocycles. The van der Waals surface area contributed by atoms with Crippen molar-refractivity contribution in [3.8, 4) is 34.3 Å². The van der Waals surface area contributed by atoms with Crippen molar-refractivity contribution >= 4 is 5.65 Å². The summed E-state index contributed by atoms with van der Waals surface area (Å²) in [6.07, 6.45) is 3.64. The Morgan fingerprint density at radius 3 is 2.62 bits per heavy atom. The van der Waals surface area contributed by atoms with Gasteiger partial charge in [0, 0.05) is 47.7 Å². The van der Waals surface area contributed by atoms with Gasteiger partial charge in [-0.1, -0.05) is 0 Å². The molecule has 1 fully saturated rings. The van der Waals surface area contributed by atoms with Crippen LogP contribution in [-0.2, 0) is 0 Å². The Hall–Kier alpha value is -3.66. The average Bonchev–Trinajstić information content (AvgIpc) is 3.25. The van der Waals surface area contributed by atoms with Gasteiger partial charge in [-0.25, -0.2) is 18.9 Å². The van der Waals surface area contributed by atoms with Gasteiger partial charge in [0.15, 0.2) is 11.8 Å². The monoisotopic (exact) mass is 463 g/mol. The molecule has 0 radical (unpaired) electrons. The fourth-order valence-electron chi connectivity index (χ4n) is 4.59. The molecule has 1 aliphatic heterocycles. The summed E-state index contributed by atoms with van der Waals surface area (Å²) >= 11 is 0. The summed E-state index contributed by atoms with van der Waals surface area (Å²) in [6.45, 7) is 7.69. The van der Waals surface area contributed by atoms with Crippen molar-refractivity contribution in [3.05, 3.63) is 48.9 Å². The van der Waals surface area contributed by atoms with Gasteiger partial charge in [0.2, 0.25) is 5.88 Å². The van der Waals surface area contributed by atoms with E-state index >= 15 is 4.39 Å². The number of halogens is 1. The van der Waals surface area contributed by atoms with Crippen LogP contribution in [0.4, 0.5) is 4.39 Å². The van der Waals surface area contributed by atoms with Gasteiger partial charge >= 0.3 is 0 Å². The SMILES string of the molecule is CC1(C)C[C@H](Oc2ccc(-c3ncc(-c4ccc5nccn5n4)cc3O)nn2)[C@H](F)C(C)(C)N1. The first-order valence-electron chi connectivity index (χ1n) is 11.1. The Bertz CT molecular complexity index is 1340. The van der Waals surface area contributed by atoms with E-state index in [4.69, 9.17) is 4.74 Å². The zero-order chi connectivity index (χ0) is 24.1. The van der Waals surface area contributed by atoms with Gasteiger partial charge in [-0.15, -0.1) is 10.2 Å². The van der Waals surface area contributed by atoms with Gasteiger partial charge < -0.3 is 15.2 Å². The number of aromatic nitrogens is 6. The maximum atomic E-state index is 15.0. The lowest BCUT2D eigenvalue weighted by molar-refractivity contribution is -0.0281. The molecule has 9 nitrogen and oxygen atoms in total. The summed E-state index contributed by atoms with van der Waals surface area (Å²) in [7, 11) is 0. The lowest BCUT2D eigenvalue weighted by atomic mass is 9.79. The number of pyridine rings is 1. The Kier molecular flexibility index (Phi) is 5.20. The Morgan fingerprint density at radius 1 is 1.09 bits per heavy atom. The second-order valence-corrected chi connectivity index (χ2v) is 9.79. The predicted octanol–water partition coefficient (Wildman–Crippen LogP) is 3.59. The van der Waals surface area contributed by atoms with Crippen LogP contribution >= 0.6 is 0 Å². The van der Waals surface area contributed by atoms with Gasteiger partial charge in [-0.2, -0.15) is 5.10 Å². The minimum absolute atomic E-state index is 0.0568. The highest BCUT2D eigenvalue weighted by Crippen LogP contribution is 2.34. The van der Waals surface area contributed by atoms with Gasteiger partial charge in [0.25, 0.3) is 0 Å². The second kappa shape index (κ2) is 7.98. The van der Waals surface area contributed by atoms with Crippen LogP contribution in [0.2, 0.25) is 0 Å². The number of fused-ring (bicyclic) bond motifs is 1. The molecule has 34 heavy (non-hydrogen) atoms. The number of nitrogens with zero attached hydrogens (tertiary/aromatic N) is 6. The van der Waals surface area contributed by atoms with Crippen molar-refractivity contribution in [3.63, 3.8) is 0 Å². The summed E-state index contributed by atoms with van der Waals surface area (Å²) in [6, 6.07) is 8.48. The summed E-state index contributed by atoms with van der Waals surface area (Å²) in [5.41, 5.74) is 1.66. The third kappa shape index (κ3) is 4.16. The molecule has 4 aromatic rings. The molecule has 10 heteroatoms. The molecule has 5 rings (SSSR count). The summed E-state index contributed by atoms with van der Waals surface area (Å²) in [5.74, 6) is 0.164. The Labute approximate surface area is 196 Å². The molecule has 176 valence electrons. The van der Waals surface area contributed by atoms with Gasteiger partial charge in [0.05, 0.1) is 5.69 Å². The first-order valence-corrected chi connectivity index (χ1v) is 11.1. The Morgan fingerprint density at radius 2 is 1.88 bits per heavy atom. The fourth-order valence-corrected chi connectivity index (χ4v) is 4.59. The van der Waals surface area contributed by atoms with Crippen molar-refractivity contribution in [2.75, 3.05) is 0 Å². The van der Waals surface area contributed by atoms with E-state index in [1.807, 2.05) is 39.8 Å². The van der Waals surface area contributed by atoms with E-state index in [0.29, 0.717) is 23.4 Å². The summed E-state index contributed by atoms with van der Waals surface area (Å²) < 4.78 is 22.5. The maximum Gasteiger partial charge on any atom is 0.233 e. The molecule has 0 unspecified atom stereocenters. The average molecular weight is 464 g/mol. The third-order valence-corrected chi connectivity index (χ3v) is 5.96. The first-order chi connectivity index (χ1) is 16.1. The van der Waals surface area contributed by atoms with E-state index in [1.54, 1.807) is 41.3 Å². The zero-order valence-electron chi connectivity index (χ0n) is 19.4. The second-order valence-electron chi connectivity index (χ2n) is 9.79. The van der Waals surface area contributed by atoms with Gasteiger partial charge in [-0.05, 0) is 52.0 Å². The number of hydrogen-bond acceptors (Lipinski definition) is 8. The Balaban J connectivity index is 1.35. The van der Waals surface area contributed by atoms with Crippen LogP contribution in [0.5, 0.6) is 11.6 Å². The zero-order valence-corrected chi connectivity index (χ0v) is 19.4. The molecule has 4 aromatic heterocycles. The fraction of sp³-hybridized carbons (Fsp3) is 0.375. The molecule has 2 N–H and O–H groups in total. The lowest BCUT2D eigenvalue weighted by Gasteiger charge is -2.48. The standard InChI is InChI=1S/C24H26FN7O2/c1-23(2)12-18(22(25)24(3,4)31-23)34-20-8-6-16(28-29-20)21-17(33)11-14(13-27-21)15-5-7-19-26-9-10-32(19)30-15/h5-11,13,18,22,31,33H,12H2,1-4H3/t18-,22-/m0/s1. The number of nitrogens with one attached hydrogen (secondary N) is 1. The van der Waals surface area contributed by atoms with Crippen LogP contribution in [0.15, 0.2) is 48.9 Å². The number of rotatable bonds is 4. The van der Waals surface area contributed by atoms with Gasteiger partial charge in [-0.3, -0.25) is 0 Å². The highest BCUT2D eigenvalue weighted by molar-refractivity contribution is 5.68. The van der Waals surface area contributed by atoms with Crippen molar-refractivity contribution in [1.82, 2.24) is 35.1 Å². The molecule has 0 amide bonds. The molecule has 0 spiro atoms. The molecule has 0 bridgehead atoms. The molecular weight excluding hydrogens is 437 g/mol. The minimum atomic E-state index is -1.21. The van der Waals surface area contributed by atoms with E-state index in [9.17, 15) is 5.11 Å². The normalized spacial score (nSPS) is 21.4. The number of hydrogen-bond donors (Lipinski definition) is 2. The van der Waals surface area contributed by atoms with Crippen LogP contribution < -0.4 is 10.1 Å². The number of aromatic hydroxyl groups is 1. The highest BCUT2D eigenvalue weighted by Gasteiger charge is 2.47. The van der Waals surface area contributed by atoms with Gasteiger partial charge in [0.1, 0.15) is 23.2 Å². The number of piperidine rings is 1. The highest BCUT2D eigenvalue weighted by atomic mass is 19.1. The quantitative estimate of drug-likeness (QED) is 0.473. The van der Waals surface area contributed by atoms with E-state index in [-0.39, 0.29) is 22.9 Å². The smallest absolute Gasteiger partial charge is 0.233 e. The van der Waals surface area contributed by atoms with Crippen LogP contribution in [0.1, 0.15) is 34.1 Å². The van der Waals surface area contributed by atoms with Crippen LogP contribution in [0.3, 0.4) is 0 Å². The maximum absolute atomic E-state index is 15.0. The van der Waals surface area contributed by atoms with Crippen LogP contribution in [0.25, 0.3) is 28.3 Å². The third-order valence-electron chi connectivity index (χ3n) is 5.96. The molecule has 0 saturated carbocycles. The van der Waals surface area contributed by atoms with Crippen molar-refractivity contribution in [2.24, 2.45) is 0 Å². The van der Waals surface area contributed by atoms with Crippen molar-refractivity contribution < 1.29 is 14.2 Å². The first kappa shape index (κ1) is 22.1. The molecule has 1 aliphatic rings. The number of ether oxygens (including phenoxy) is 1. The summed E-state index contributed by atoms with van der Waals surface area (Å²) in [5, 5.41) is 26.6. The van der Waals surface area contributed by atoms with E-state index in [1.165, 1.54) is 0 Å². The van der Waals surface area contributed by atoms with Crippen molar-refractivity contribution in [2.45, 2.75) is 57.5 Å².